The number of allylic oxidation sites excluding steroid dienone is 1. The van der Waals surface area contributed by atoms with E-state index >= 15 is 0 Å². The van der Waals surface area contributed by atoms with E-state index in [1.807, 2.05) is 19.1 Å². The van der Waals surface area contributed by atoms with Gasteiger partial charge in [0.15, 0.2) is 0 Å². The number of aromatic nitrogens is 3. The van der Waals surface area contributed by atoms with E-state index in [2.05, 4.69) is 22.0 Å². The van der Waals surface area contributed by atoms with Gasteiger partial charge in [-0.3, -0.25) is 9.48 Å². The third-order valence-electron chi connectivity index (χ3n) is 4.07. The van der Waals surface area contributed by atoms with Crippen LogP contribution < -0.4 is 5.32 Å². The third kappa shape index (κ3) is 4.46. The maximum Gasteiger partial charge on any atom is 0.433 e. The number of anilines is 1. The summed E-state index contributed by atoms with van der Waals surface area (Å²) in [7, 11) is 0. The smallest absolute Gasteiger partial charge is 0.321 e. The summed E-state index contributed by atoms with van der Waals surface area (Å²) in [6.07, 6.45) is -2.92. The number of amides is 1. The Hall–Kier alpha value is -3.42. The number of rotatable bonds is 5. The Morgan fingerprint density at radius 1 is 1.18 bits per heavy atom. The molecule has 28 heavy (non-hydrogen) atoms. The molecular weight excluding hydrogens is 369 g/mol. The average Bonchev–Trinajstić information content (AvgIpc) is 3.06. The van der Waals surface area contributed by atoms with Gasteiger partial charge < -0.3 is 5.32 Å². The van der Waals surface area contributed by atoms with Crippen molar-refractivity contribution >= 4 is 17.2 Å². The fourth-order valence-corrected chi connectivity index (χ4v) is 2.57. The molecule has 0 unspecified atom stereocenters. The standard InChI is InChI=1S/C20H17F3N4O/c1-13(12-27-14(2)9-10-24-27)15-5-3-6-16(11-15)25-19(28)17-7-4-8-18(26-17)20(21,22)23/h3-11H,1,12H2,2H3,(H,25,28). The summed E-state index contributed by atoms with van der Waals surface area (Å²) >= 11 is 0. The zero-order chi connectivity index (χ0) is 20.3. The molecule has 0 bridgehead atoms. The Morgan fingerprint density at radius 2 is 1.93 bits per heavy atom. The van der Waals surface area contributed by atoms with Crippen LogP contribution in [0.25, 0.3) is 5.57 Å². The number of carbonyl (C=O) groups is 1. The predicted molar refractivity (Wildman–Crippen MR) is 99.6 cm³/mol. The van der Waals surface area contributed by atoms with Crippen LogP contribution in [0.2, 0.25) is 0 Å². The largest absolute Gasteiger partial charge is 0.433 e. The lowest BCUT2D eigenvalue weighted by Gasteiger charge is -2.11. The van der Waals surface area contributed by atoms with Crippen LogP contribution in [0.5, 0.6) is 0 Å². The first-order valence-corrected chi connectivity index (χ1v) is 8.36. The van der Waals surface area contributed by atoms with E-state index in [4.69, 9.17) is 0 Å². The van der Waals surface area contributed by atoms with Crippen LogP contribution in [0.3, 0.4) is 0 Å². The second kappa shape index (κ2) is 7.67. The molecule has 0 aliphatic rings. The molecule has 5 nitrogen and oxygen atoms in total. The lowest BCUT2D eigenvalue weighted by atomic mass is 10.1. The summed E-state index contributed by atoms with van der Waals surface area (Å²) in [5.41, 5.74) is 1.55. The van der Waals surface area contributed by atoms with Gasteiger partial charge >= 0.3 is 6.18 Å². The van der Waals surface area contributed by atoms with Crippen LogP contribution in [-0.2, 0) is 12.7 Å². The fraction of sp³-hybridized carbons (Fsp3) is 0.150. The molecule has 0 aliphatic carbocycles. The quantitative estimate of drug-likeness (QED) is 0.699. The molecule has 0 spiro atoms. The number of pyridine rings is 1. The zero-order valence-corrected chi connectivity index (χ0v) is 15.0. The van der Waals surface area contributed by atoms with Crippen LogP contribution in [0.4, 0.5) is 18.9 Å². The maximum atomic E-state index is 12.8. The Labute approximate surface area is 159 Å². The lowest BCUT2D eigenvalue weighted by molar-refractivity contribution is -0.141. The SMILES string of the molecule is C=C(Cn1nccc1C)c1cccc(NC(=O)c2cccc(C(F)(F)F)n2)c1. The van der Waals surface area contributed by atoms with Crippen molar-refractivity contribution in [2.45, 2.75) is 19.6 Å². The van der Waals surface area contributed by atoms with Crippen molar-refractivity contribution in [3.05, 3.63) is 84.0 Å². The van der Waals surface area contributed by atoms with Gasteiger partial charge in [-0.1, -0.05) is 24.8 Å². The highest BCUT2D eigenvalue weighted by atomic mass is 19.4. The summed E-state index contributed by atoms with van der Waals surface area (Å²) in [5, 5.41) is 6.78. The molecule has 1 N–H and O–H groups in total. The second-order valence-electron chi connectivity index (χ2n) is 6.17. The average molecular weight is 386 g/mol. The Bertz CT molecular complexity index is 1020. The number of alkyl halides is 3. The summed E-state index contributed by atoms with van der Waals surface area (Å²) < 4.78 is 40.1. The second-order valence-corrected chi connectivity index (χ2v) is 6.17. The number of halogens is 3. The highest BCUT2D eigenvalue weighted by Crippen LogP contribution is 2.27. The van der Waals surface area contributed by atoms with E-state index in [1.54, 1.807) is 29.1 Å². The highest BCUT2D eigenvalue weighted by molar-refractivity contribution is 6.03. The number of nitrogens with one attached hydrogen (secondary N) is 1. The minimum Gasteiger partial charge on any atom is -0.321 e. The molecule has 1 aromatic carbocycles. The van der Waals surface area contributed by atoms with Crippen molar-refractivity contribution < 1.29 is 18.0 Å². The number of carbonyl (C=O) groups excluding carboxylic acids is 1. The van der Waals surface area contributed by atoms with Crippen LogP contribution in [-0.4, -0.2) is 20.7 Å². The van der Waals surface area contributed by atoms with Gasteiger partial charge in [0.1, 0.15) is 11.4 Å². The van der Waals surface area contributed by atoms with E-state index < -0.39 is 17.8 Å². The van der Waals surface area contributed by atoms with Crippen molar-refractivity contribution in [3.63, 3.8) is 0 Å². The first-order chi connectivity index (χ1) is 13.2. The van der Waals surface area contributed by atoms with Crippen molar-refractivity contribution in [3.8, 4) is 0 Å². The lowest BCUT2D eigenvalue weighted by Crippen LogP contribution is -2.17. The van der Waals surface area contributed by atoms with E-state index in [1.165, 1.54) is 6.07 Å². The molecule has 3 rings (SSSR count). The van der Waals surface area contributed by atoms with Gasteiger partial charge in [0.25, 0.3) is 5.91 Å². The molecule has 2 aromatic heterocycles. The molecule has 3 aromatic rings. The van der Waals surface area contributed by atoms with Crippen molar-refractivity contribution in [2.24, 2.45) is 0 Å². The summed E-state index contributed by atoms with van der Waals surface area (Å²) in [6, 6.07) is 12.0. The van der Waals surface area contributed by atoms with Crippen LogP contribution in [0.1, 0.15) is 27.4 Å². The van der Waals surface area contributed by atoms with Crippen molar-refractivity contribution in [1.82, 2.24) is 14.8 Å². The molecular formula is C20H17F3N4O. The topological polar surface area (TPSA) is 59.8 Å². The molecule has 2 heterocycles. The molecule has 144 valence electrons. The molecule has 1 amide bonds. The van der Waals surface area contributed by atoms with E-state index in [-0.39, 0.29) is 5.69 Å². The monoisotopic (exact) mass is 386 g/mol. The van der Waals surface area contributed by atoms with Gasteiger partial charge in [-0.25, -0.2) is 4.98 Å². The summed E-state index contributed by atoms with van der Waals surface area (Å²) in [4.78, 5) is 15.7. The number of hydrogen-bond donors (Lipinski definition) is 1. The number of nitrogens with zero attached hydrogens (tertiary/aromatic N) is 3. The minimum atomic E-state index is -4.61. The maximum absolute atomic E-state index is 12.8. The Kier molecular flexibility index (Phi) is 5.30. The van der Waals surface area contributed by atoms with Crippen molar-refractivity contribution in [2.75, 3.05) is 5.32 Å². The number of benzene rings is 1. The van der Waals surface area contributed by atoms with E-state index in [9.17, 15) is 18.0 Å². The summed E-state index contributed by atoms with van der Waals surface area (Å²) in [5.74, 6) is -0.725. The van der Waals surface area contributed by atoms with Crippen LogP contribution in [0.15, 0.2) is 61.3 Å². The minimum absolute atomic E-state index is 0.314. The Balaban J connectivity index is 1.75. The van der Waals surface area contributed by atoms with E-state index in [0.717, 1.165) is 29.0 Å². The molecule has 8 heteroatoms. The predicted octanol–water partition coefficient (Wildman–Crippen LogP) is 4.57. The zero-order valence-electron chi connectivity index (χ0n) is 15.0. The molecule has 0 saturated heterocycles. The molecule has 0 atom stereocenters. The first kappa shape index (κ1) is 19.3. The van der Waals surface area contributed by atoms with Gasteiger partial charge in [0.05, 0.1) is 6.54 Å². The number of hydrogen-bond acceptors (Lipinski definition) is 3. The van der Waals surface area contributed by atoms with Crippen molar-refractivity contribution in [1.29, 1.82) is 0 Å². The van der Waals surface area contributed by atoms with Gasteiger partial charge in [-0.15, -0.1) is 0 Å². The first-order valence-electron chi connectivity index (χ1n) is 8.36. The molecule has 0 aliphatic heterocycles. The molecule has 0 fully saturated rings. The normalized spacial score (nSPS) is 11.3. The summed E-state index contributed by atoms with van der Waals surface area (Å²) in [6.45, 7) is 6.45. The third-order valence-corrected chi connectivity index (χ3v) is 4.07. The highest BCUT2D eigenvalue weighted by Gasteiger charge is 2.32. The van der Waals surface area contributed by atoms with Gasteiger partial charge in [-0.2, -0.15) is 18.3 Å². The fourth-order valence-electron chi connectivity index (χ4n) is 2.57. The molecule has 0 saturated carbocycles. The van der Waals surface area contributed by atoms with Gasteiger partial charge in [0, 0.05) is 17.6 Å². The van der Waals surface area contributed by atoms with Gasteiger partial charge in [-0.05, 0) is 48.4 Å². The molecule has 0 radical (unpaired) electrons. The van der Waals surface area contributed by atoms with Gasteiger partial charge in [0.2, 0.25) is 0 Å². The van der Waals surface area contributed by atoms with E-state index in [0.29, 0.717) is 12.2 Å². The number of aryl methyl sites for hydroxylation is 1. The van der Waals surface area contributed by atoms with Crippen LogP contribution >= 0.6 is 0 Å². The Morgan fingerprint density at radius 3 is 2.61 bits per heavy atom. The van der Waals surface area contributed by atoms with Crippen LogP contribution in [0, 0.1) is 6.92 Å².